The number of carbonyl (C=O) groups excluding carboxylic acids is 2. The molecule has 0 aromatic heterocycles. The van der Waals surface area contributed by atoms with E-state index in [0.717, 1.165) is 49.7 Å². The Balaban J connectivity index is 1.10. The lowest BCUT2D eigenvalue weighted by Crippen LogP contribution is -2.47. The van der Waals surface area contributed by atoms with Gasteiger partial charge in [0.1, 0.15) is 0 Å². The van der Waals surface area contributed by atoms with Gasteiger partial charge >= 0.3 is 11.8 Å². The zero-order chi connectivity index (χ0) is 22.3. The van der Waals surface area contributed by atoms with Gasteiger partial charge in [0.25, 0.3) is 0 Å². The lowest BCUT2D eigenvalue weighted by molar-refractivity contribution is -0.139. The maximum absolute atomic E-state index is 12.0. The van der Waals surface area contributed by atoms with Gasteiger partial charge in [-0.05, 0) is 54.9 Å². The molecule has 2 aliphatic heterocycles. The number of carbonyl (C=O) groups is 2. The average molecular weight is 459 g/mol. The number of halogens is 1. The van der Waals surface area contributed by atoms with Crippen LogP contribution < -0.4 is 25.0 Å². The van der Waals surface area contributed by atoms with E-state index in [2.05, 4.69) is 20.4 Å². The Morgan fingerprint density at radius 2 is 1.62 bits per heavy atom. The summed E-state index contributed by atoms with van der Waals surface area (Å²) in [5, 5.41) is 6.07. The zero-order valence-corrected chi connectivity index (χ0v) is 18.6. The van der Waals surface area contributed by atoms with E-state index in [9.17, 15) is 9.59 Å². The Kier molecular flexibility index (Phi) is 7.34. The minimum atomic E-state index is -0.640. The number of benzene rings is 2. The summed E-state index contributed by atoms with van der Waals surface area (Å²) in [5.74, 6) is 0.0805. The van der Waals surface area contributed by atoms with E-state index >= 15 is 0 Å². The fourth-order valence-electron chi connectivity index (χ4n) is 3.78. The minimum absolute atomic E-state index is 0.200. The summed E-state index contributed by atoms with van der Waals surface area (Å²) in [6.07, 6.45) is 0.794. The van der Waals surface area contributed by atoms with Crippen molar-refractivity contribution in [1.29, 1.82) is 0 Å². The van der Waals surface area contributed by atoms with Crippen LogP contribution in [0.25, 0.3) is 0 Å². The summed E-state index contributed by atoms with van der Waals surface area (Å²) in [6.45, 7) is 5.64. The summed E-state index contributed by atoms with van der Waals surface area (Å²) < 4.78 is 10.6. The Bertz CT molecular complexity index is 946. The van der Waals surface area contributed by atoms with Crippen molar-refractivity contribution >= 4 is 29.1 Å². The number of nitrogens with zero attached hydrogens (tertiary/aromatic N) is 2. The van der Waals surface area contributed by atoms with Gasteiger partial charge in [0, 0.05) is 50.0 Å². The number of nitrogens with one attached hydrogen (secondary N) is 2. The molecule has 9 heteroatoms. The van der Waals surface area contributed by atoms with Crippen LogP contribution in [0.4, 0.5) is 5.69 Å². The zero-order valence-electron chi connectivity index (χ0n) is 17.8. The van der Waals surface area contributed by atoms with E-state index in [-0.39, 0.29) is 13.3 Å². The largest absolute Gasteiger partial charge is 0.454 e. The number of hydrogen-bond acceptors (Lipinski definition) is 6. The summed E-state index contributed by atoms with van der Waals surface area (Å²) in [7, 11) is 0. The van der Waals surface area contributed by atoms with Crippen molar-refractivity contribution in [3.05, 3.63) is 53.1 Å². The van der Waals surface area contributed by atoms with Crippen LogP contribution in [0, 0.1) is 0 Å². The maximum atomic E-state index is 12.0. The third-order valence-corrected chi connectivity index (χ3v) is 5.85. The topological polar surface area (TPSA) is 83.1 Å². The Morgan fingerprint density at radius 1 is 0.906 bits per heavy atom. The highest BCUT2D eigenvalue weighted by Gasteiger charge is 2.18. The molecule has 0 atom stereocenters. The highest BCUT2D eigenvalue weighted by molar-refractivity contribution is 6.35. The number of amides is 2. The molecule has 170 valence electrons. The molecule has 4 rings (SSSR count). The second kappa shape index (κ2) is 10.6. The van der Waals surface area contributed by atoms with Gasteiger partial charge in [-0.15, -0.1) is 0 Å². The van der Waals surface area contributed by atoms with Crippen LogP contribution in [0.3, 0.4) is 0 Å². The fourth-order valence-corrected chi connectivity index (χ4v) is 3.91. The monoisotopic (exact) mass is 458 g/mol. The number of hydrogen-bond donors (Lipinski definition) is 2. The smallest absolute Gasteiger partial charge is 0.309 e. The van der Waals surface area contributed by atoms with E-state index in [1.165, 1.54) is 5.69 Å². The first-order chi connectivity index (χ1) is 15.6. The molecule has 2 amide bonds. The molecule has 2 aromatic rings. The quantitative estimate of drug-likeness (QED) is 0.488. The van der Waals surface area contributed by atoms with E-state index in [4.69, 9.17) is 21.1 Å². The van der Waals surface area contributed by atoms with E-state index in [1.54, 1.807) is 12.1 Å². The Labute approximate surface area is 192 Å². The van der Waals surface area contributed by atoms with Crippen LogP contribution in [0.1, 0.15) is 12.0 Å². The van der Waals surface area contributed by atoms with Gasteiger partial charge in [-0.2, -0.15) is 0 Å². The molecule has 8 nitrogen and oxygen atoms in total. The van der Waals surface area contributed by atoms with Crippen molar-refractivity contribution in [3.8, 4) is 11.5 Å². The predicted octanol–water partition coefficient (Wildman–Crippen LogP) is 2.01. The highest BCUT2D eigenvalue weighted by atomic mass is 35.5. The lowest BCUT2D eigenvalue weighted by atomic mass is 10.2. The molecular weight excluding hydrogens is 432 g/mol. The molecule has 32 heavy (non-hydrogen) atoms. The van der Waals surface area contributed by atoms with Crippen LogP contribution in [-0.4, -0.2) is 62.8 Å². The molecule has 1 fully saturated rings. The summed E-state index contributed by atoms with van der Waals surface area (Å²) in [6, 6.07) is 13.3. The summed E-state index contributed by atoms with van der Waals surface area (Å²) in [4.78, 5) is 28.8. The van der Waals surface area contributed by atoms with Gasteiger partial charge in [-0.1, -0.05) is 17.7 Å². The number of ether oxygens (including phenoxy) is 2. The van der Waals surface area contributed by atoms with Crippen LogP contribution in [0.15, 0.2) is 42.5 Å². The van der Waals surface area contributed by atoms with Gasteiger partial charge in [-0.3, -0.25) is 14.5 Å². The molecule has 0 unspecified atom stereocenters. The standard InChI is InChI=1S/C23H27ClN4O4/c24-18-3-5-19(6-4-18)28-12-10-27(11-13-28)9-1-8-25-22(29)23(30)26-15-17-2-7-20-21(14-17)32-16-31-20/h2-7,14H,1,8-13,15-16H2,(H,25,29)(H,26,30). The first-order valence-electron chi connectivity index (χ1n) is 10.8. The van der Waals surface area contributed by atoms with Crippen LogP contribution in [0.2, 0.25) is 5.02 Å². The van der Waals surface area contributed by atoms with Crippen molar-refractivity contribution in [2.24, 2.45) is 0 Å². The molecule has 2 aromatic carbocycles. The summed E-state index contributed by atoms with van der Waals surface area (Å²) >= 11 is 5.96. The predicted molar refractivity (Wildman–Crippen MR) is 122 cm³/mol. The fraction of sp³-hybridized carbons (Fsp3) is 0.391. The molecule has 1 saturated heterocycles. The van der Waals surface area contributed by atoms with Gasteiger partial charge < -0.3 is 25.0 Å². The van der Waals surface area contributed by atoms with Crippen molar-refractivity contribution in [1.82, 2.24) is 15.5 Å². The minimum Gasteiger partial charge on any atom is -0.454 e. The normalized spacial score (nSPS) is 15.5. The van der Waals surface area contributed by atoms with Crippen molar-refractivity contribution < 1.29 is 19.1 Å². The second-order valence-corrected chi connectivity index (χ2v) is 8.22. The van der Waals surface area contributed by atoms with Gasteiger partial charge in [0.2, 0.25) is 6.79 Å². The number of rotatable bonds is 7. The van der Waals surface area contributed by atoms with Gasteiger partial charge in [-0.25, -0.2) is 0 Å². The third kappa shape index (κ3) is 5.83. The molecular formula is C23H27ClN4O4. The maximum Gasteiger partial charge on any atom is 0.309 e. The van der Waals surface area contributed by atoms with E-state index in [1.807, 2.05) is 30.3 Å². The first kappa shape index (κ1) is 22.2. The van der Waals surface area contributed by atoms with E-state index in [0.29, 0.717) is 18.0 Å². The summed E-state index contributed by atoms with van der Waals surface area (Å²) in [5.41, 5.74) is 2.03. The Hall–Kier alpha value is -2.97. The molecule has 0 radical (unpaired) electrons. The first-order valence-corrected chi connectivity index (χ1v) is 11.1. The number of piperazine rings is 1. The molecule has 0 aliphatic carbocycles. The molecule has 2 aliphatic rings. The molecule has 2 N–H and O–H groups in total. The van der Waals surface area contributed by atoms with Gasteiger partial charge in [0.05, 0.1) is 0 Å². The number of fused-ring (bicyclic) bond motifs is 1. The van der Waals surface area contributed by atoms with Gasteiger partial charge in [0.15, 0.2) is 11.5 Å². The highest BCUT2D eigenvalue weighted by Crippen LogP contribution is 2.32. The third-order valence-electron chi connectivity index (χ3n) is 5.60. The van der Waals surface area contributed by atoms with E-state index < -0.39 is 11.8 Å². The SMILES string of the molecule is O=C(NCCCN1CCN(c2ccc(Cl)cc2)CC1)C(=O)NCc1ccc2c(c1)OCO2. The van der Waals surface area contributed by atoms with Crippen molar-refractivity contribution in [2.45, 2.75) is 13.0 Å². The second-order valence-electron chi connectivity index (χ2n) is 7.78. The molecule has 0 bridgehead atoms. The average Bonchev–Trinajstić information content (AvgIpc) is 3.29. The molecule has 2 heterocycles. The Morgan fingerprint density at radius 3 is 2.41 bits per heavy atom. The number of anilines is 1. The lowest BCUT2D eigenvalue weighted by Gasteiger charge is -2.36. The molecule has 0 saturated carbocycles. The van der Waals surface area contributed by atoms with Crippen LogP contribution in [-0.2, 0) is 16.1 Å². The van der Waals surface area contributed by atoms with Crippen molar-refractivity contribution in [3.63, 3.8) is 0 Å². The van der Waals surface area contributed by atoms with Crippen molar-refractivity contribution in [2.75, 3.05) is 51.0 Å². The van der Waals surface area contributed by atoms with Crippen LogP contribution >= 0.6 is 11.6 Å². The van der Waals surface area contributed by atoms with Crippen LogP contribution in [0.5, 0.6) is 11.5 Å². The molecule has 0 spiro atoms.